The molecule has 0 aliphatic carbocycles. The summed E-state index contributed by atoms with van der Waals surface area (Å²) in [6.07, 6.45) is -16.0. The molecule has 12 N–H and O–H groups in total. The van der Waals surface area contributed by atoms with Gasteiger partial charge in [0, 0.05) is 12.1 Å². The molecule has 1 unspecified atom stereocenters. The minimum absolute atomic E-state index is 0.0812. The van der Waals surface area contributed by atoms with Gasteiger partial charge in [-0.25, -0.2) is 0 Å². The summed E-state index contributed by atoms with van der Waals surface area (Å²) in [7, 11) is 0. The van der Waals surface area contributed by atoms with Crippen LogP contribution in [0.4, 0.5) is 0 Å². The molecule has 43 heavy (non-hydrogen) atoms. The van der Waals surface area contributed by atoms with Crippen LogP contribution in [0.1, 0.15) is 17.2 Å². The van der Waals surface area contributed by atoms with E-state index >= 15 is 0 Å². The van der Waals surface area contributed by atoms with E-state index in [2.05, 4.69) is 4.74 Å². The maximum atomic E-state index is 10.5. The number of phenols is 3. The van der Waals surface area contributed by atoms with Crippen molar-refractivity contribution in [1.29, 1.82) is 0 Å². The molecule has 3 aliphatic heterocycles. The van der Waals surface area contributed by atoms with Crippen LogP contribution >= 0.6 is 0 Å². The maximum absolute atomic E-state index is 10.5. The summed E-state index contributed by atoms with van der Waals surface area (Å²) in [5.41, 5.74) is 0.354. The Bertz CT molecular complexity index is 1330. The average Bonchev–Trinajstić information content (AvgIpc) is 2.98. The van der Waals surface area contributed by atoms with Gasteiger partial charge in [-0.15, -0.1) is 0 Å². The second kappa shape index (κ2) is 12.3. The fraction of sp³-hybridized carbons (Fsp3) is 0.481. The molecule has 3 heterocycles. The molecule has 0 saturated carbocycles. The van der Waals surface area contributed by atoms with Gasteiger partial charge in [0.25, 0.3) is 11.9 Å². The third-order valence-corrected chi connectivity index (χ3v) is 7.44. The fourth-order valence-corrected chi connectivity index (χ4v) is 5.01. The maximum Gasteiger partial charge on any atom is 0.270 e. The van der Waals surface area contributed by atoms with Crippen molar-refractivity contribution < 1.29 is 79.9 Å². The molecule has 11 atom stereocenters. The zero-order chi connectivity index (χ0) is 31.2. The van der Waals surface area contributed by atoms with Crippen molar-refractivity contribution in [2.24, 2.45) is 0 Å². The van der Waals surface area contributed by atoms with E-state index < -0.39 is 86.5 Å². The molecule has 3 aliphatic rings. The molecule has 0 radical (unpaired) electrons. The third-order valence-electron chi connectivity index (χ3n) is 7.44. The Morgan fingerprint density at radius 3 is 1.84 bits per heavy atom. The third kappa shape index (κ3) is 5.89. The molecule has 2 aromatic carbocycles. The topological polar surface area (TPSA) is 272 Å². The predicted octanol–water partition coefficient (Wildman–Crippen LogP) is -2.86. The largest absolute Gasteiger partial charge is 0.571 e. The number of hydrogen-bond acceptors (Lipinski definition) is 15. The number of benzene rings is 2. The molecule has 0 bridgehead atoms. The number of fused-ring (bicyclic) bond motifs is 1. The second-order valence-corrected chi connectivity index (χ2v) is 10.3. The molecule has 16 heteroatoms. The van der Waals surface area contributed by atoms with Gasteiger partial charge in [0.2, 0.25) is 12.6 Å². The Hall–Kier alpha value is -3.42. The summed E-state index contributed by atoms with van der Waals surface area (Å²) >= 11 is 0. The van der Waals surface area contributed by atoms with Crippen molar-refractivity contribution >= 4 is 6.08 Å². The first kappa shape index (κ1) is 31.0. The van der Waals surface area contributed by atoms with Crippen LogP contribution in [0.2, 0.25) is 0 Å². The fourth-order valence-electron chi connectivity index (χ4n) is 5.01. The Morgan fingerprint density at radius 2 is 1.26 bits per heavy atom. The molecular weight excluding hydrogens is 580 g/mol. The highest BCUT2D eigenvalue weighted by molar-refractivity contribution is 5.69. The highest BCUT2D eigenvalue weighted by Crippen LogP contribution is 2.46. The number of aliphatic hydroxyl groups excluding tert-OH is 8. The normalized spacial score (nSPS) is 35.8. The first-order valence-electron chi connectivity index (χ1n) is 13.2. The number of aliphatic hydroxyl groups is 9. The first-order chi connectivity index (χ1) is 20.4. The molecule has 16 nitrogen and oxygen atoms in total. The molecule has 2 aromatic rings. The van der Waals surface area contributed by atoms with Crippen molar-refractivity contribution in [1.82, 2.24) is 0 Å². The molecule has 0 aromatic heterocycles. The summed E-state index contributed by atoms with van der Waals surface area (Å²) in [6.45, 7) is -1.42. The van der Waals surface area contributed by atoms with E-state index in [0.29, 0.717) is 0 Å². The summed E-state index contributed by atoms with van der Waals surface area (Å²) in [5.74, 6) is -1.36. The molecule has 0 spiro atoms. The van der Waals surface area contributed by atoms with Crippen molar-refractivity contribution in [2.75, 3.05) is 13.2 Å². The molecule has 5 rings (SSSR count). The number of aromatic hydroxyl groups is 4. The van der Waals surface area contributed by atoms with E-state index in [1.807, 2.05) is 0 Å². The Kier molecular flexibility index (Phi) is 8.87. The number of rotatable bonds is 7. The van der Waals surface area contributed by atoms with Gasteiger partial charge in [-0.1, -0.05) is 0 Å². The van der Waals surface area contributed by atoms with Gasteiger partial charge in [0.15, 0.2) is 17.3 Å². The van der Waals surface area contributed by atoms with E-state index in [1.165, 1.54) is 30.3 Å². The zero-order valence-electron chi connectivity index (χ0n) is 22.2. The van der Waals surface area contributed by atoms with Gasteiger partial charge in [-0.3, -0.25) is 0 Å². The van der Waals surface area contributed by atoms with Gasteiger partial charge in [-0.05, 0) is 18.2 Å². The average molecular weight is 614 g/mol. The van der Waals surface area contributed by atoms with Gasteiger partial charge >= 0.3 is 0 Å². The van der Waals surface area contributed by atoms with Crippen LogP contribution in [0.3, 0.4) is 0 Å². The van der Waals surface area contributed by atoms with E-state index in [0.717, 1.165) is 6.07 Å². The van der Waals surface area contributed by atoms with E-state index in [9.17, 15) is 56.2 Å². The van der Waals surface area contributed by atoms with Gasteiger partial charge in [0.1, 0.15) is 65.9 Å². The van der Waals surface area contributed by atoms with Crippen LogP contribution in [0.15, 0.2) is 36.1 Å². The van der Waals surface area contributed by atoms with E-state index in [-0.39, 0.29) is 39.9 Å². The second-order valence-electron chi connectivity index (χ2n) is 10.3. The standard InChI is InChI=1S/C27H32O16/c28-7-17-19(33)21(35)23(37)26(42-17)40-15-3-9(1-2-12(15)31)25-16(6-11-13(32)4-10(30)5-14(11)39-25)41-27-24(38)22(36)20(34)18(8-29)43-27/h1-6,17-38H,7-8H2/p+1/t17-,18-,19-,20-,21+,22+,23-,24-,25?,26-,27-/m1/s1. The summed E-state index contributed by atoms with van der Waals surface area (Å²) in [6, 6.07) is 6.19. The number of ether oxygens (including phenoxy) is 5. The Balaban J connectivity index is 1.49. The van der Waals surface area contributed by atoms with Crippen LogP contribution in [0.25, 0.3) is 6.08 Å². The quantitative estimate of drug-likeness (QED) is 0.140. The predicted molar refractivity (Wildman–Crippen MR) is 140 cm³/mol. The number of phenolic OH excluding ortho intramolecular Hbond substituents is 3. The SMILES string of the molecule is OC[C@H]1O[C@@H](OC2=Cc3c(O)cc(O)cc3[OH+]C2c2ccc(O)c(O[C@@H]3O[C@H](CO)[C@@H](O)[C@H](O)[C@H]3O)c2)[C@H](O)[C@@H](O)[C@@H]1O. The summed E-state index contributed by atoms with van der Waals surface area (Å²) in [5, 5.41) is 111. The van der Waals surface area contributed by atoms with Crippen molar-refractivity contribution in [3.05, 3.63) is 47.2 Å². The van der Waals surface area contributed by atoms with Crippen LogP contribution in [0.5, 0.6) is 28.7 Å². The first-order valence-corrected chi connectivity index (χ1v) is 13.2. The lowest BCUT2D eigenvalue weighted by atomic mass is 9.98. The van der Waals surface area contributed by atoms with Crippen LogP contribution < -0.4 is 4.74 Å². The lowest BCUT2D eigenvalue weighted by Crippen LogP contribution is -2.60. The highest BCUT2D eigenvalue weighted by atomic mass is 16.7. The summed E-state index contributed by atoms with van der Waals surface area (Å²) in [4.78, 5) is 0. The smallest absolute Gasteiger partial charge is 0.270 e. The molecule has 2 saturated heterocycles. The Morgan fingerprint density at radius 1 is 0.674 bits per heavy atom. The highest BCUT2D eigenvalue weighted by Gasteiger charge is 2.47. The lowest BCUT2D eigenvalue weighted by Gasteiger charge is -2.40. The molecular formula is C27H33O16+. The van der Waals surface area contributed by atoms with Gasteiger partial charge in [-0.2, -0.15) is 0 Å². The van der Waals surface area contributed by atoms with Crippen LogP contribution in [-0.4, -0.2) is 136 Å². The monoisotopic (exact) mass is 613 g/mol. The van der Waals surface area contributed by atoms with Crippen molar-refractivity contribution in [3.8, 4) is 28.7 Å². The summed E-state index contributed by atoms with van der Waals surface area (Å²) < 4.78 is 26.8. The minimum atomic E-state index is -1.78. The van der Waals surface area contributed by atoms with Crippen LogP contribution in [-0.2, 0) is 14.2 Å². The Labute approximate surface area is 243 Å². The van der Waals surface area contributed by atoms with Gasteiger partial charge < -0.3 is 79.9 Å². The van der Waals surface area contributed by atoms with Crippen LogP contribution in [0, 0.1) is 0 Å². The molecule has 236 valence electrons. The molecule has 2 fully saturated rings. The number of hydrogen-bond donors (Lipinski definition) is 11. The molecule has 0 amide bonds. The van der Waals surface area contributed by atoms with Crippen molar-refractivity contribution in [3.63, 3.8) is 0 Å². The van der Waals surface area contributed by atoms with E-state index in [1.54, 1.807) is 0 Å². The lowest BCUT2D eigenvalue weighted by molar-refractivity contribution is -0.295. The van der Waals surface area contributed by atoms with Crippen molar-refractivity contribution in [2.45, 2.75) is 67.5 Å². The zero-order valence-corrected chi connectivity index (χ0v) is 22.2. The minimum Gasteiger partial charge on any atom is -0.571 e. The van der Waals surface area contributed by atoms with E-state index in [4.69, 9.17) is 18.9 Å². The van der Waals surface area contributed by atoms with Gasteiger partial charge in [0.05, 0.1) is 24.8 Å².